The van der Waals surface area contributed by atoms with Crippen molar-refractivity contribution in [3.63, 3.8) is 0 Å². The van der Waals surface area contributed by atoms with Gasteiger partial charge in [0.15, 0.2) is 5.60 Å². The number of morpholine rings is 1. The fraction of sp³-hybridized carbons (Fsp3) is 0.417. The van der Waals surface area contributed by atoms with Crippen LogP contribution in [-0.4, -0.2) is 61.0 Å². The van der Waals surface area contributed by atoms with Crippen molar-refractivity contribution in [2.24, 2.45) is 5.92 Å². The van der Waals surface area contributed by atoms with E-state index in [0.717, 1.165) is 16.7 Å². The first kappa shape index (κ1) is 22.0. The molecule has 2 amide bonds. The van der Waals surface area contributed by atoms with Crippen LogP contribution in [-0.2, 0) is 20.7 Å². The van der Waals surface area contributed by atoms with Gasteiger partial charge in [0.05, 0.1) is 13.2 Å². The van der Waals surface area contributed by atoms with Crippen LogP contribution in [0.15, 0.2) is 48.5 Å². The molecule has 1 saturated heterocycles. The molecule has 1 aliphatic heterocycles. The van der Waals surface area contributed by atoms with Crippen molar-refractivity contribution in [2.75, 3.05) is 33.8 Å². The Balaban J connectivity index is 1.85. The quantitative estimate of drug-likeness (QED) is 0.757. The molecule has 1 aliphatic rings. The number of halogens is 1. The average Bonchev–Trinajstić information content (AvgIpc) is 2.74. The number of benzene rings is 2. The Morgan fingerprint density at radius 2 is 1.63 bits per heavy atom. The molecule has 0 spiro atoms. The summed E-state index contributed by atoms with van der Waals surface area (Å²) in [6, 6.07) is 14.2. The summed E-state index contributed by atoms with van der Waals surface area (Å²) in [5.74, 6) is -0.521. The fourth-order valence-corrected chi connectivity index (χ4v) is 3.84. The lowest BCUT2D eigenvalue weighted by molar-refractivity contribution is -0.173. The summed E-state index contributed by atoms with van der Waals surface area (Å²) in [7, 11) is 3.41. The predicted molar refractivity (Wildman–Crippen MR) is 114 cm³/mol. The van der Waals surface area contributed by atoms with Crippen LogP contribution in [0.5, 0.6) is 0 Å². The summed E-state index contributed by atoms with van der Waals surface area (Å²) in [6.07, 6.45) is 0.371. The zero-order valence-corrected chi connectivity index (χ0v) is 18.0. The predicted octanol–water partition coefficient (Wildman–Crippen LogP) is 3.38. The highest BCUT2D eigenvalue weighted by molar-refractivity contribution is 5.87. The van der Waals surface area contributed by atoms with E-state index in [1.54, 1.807) is 31.1 Å². The van der Waals surface area contributed by atoms with Crippen molar-refractivity contribution in [1.29, 1.82) is 0 Å². The second kappa shape index (κ2) is 8.96. The minimum atomic E-state index is -1.11. The first-order chi connectivity index (χ1) is 14.2. The van der Waals surface area contributed by atoms with Crippen LogP contribution in [0, 0.1) is 11.7 Å². The first-order valence-electron chi connectivity index (χ1n) is 10.2. The third-order valence-electron chi connectivity index (χ3n) is 5.41. The smallest absolute Gasteiger partial charge is 0.256 e. The molecule has 1 fully saturated rings. The highest BCUT2D eigenvalue weighted by Crippen LogP contribution is 2.28. The molecule has 0 unspecified atom stereocenters. The molecule has 1 atom stereocenters. The average molecular weight is 413 g/mol. The maximum atomic E-state index is 13.2. The van der Waals surface area contributed by atoms with Crippen molar-refractivity contribution in [2.45, 2.75) is 25.9 Å². The molecule has 1 heterocycles. The van der Waals surface area contributed by atoms with Crippen LogP contribution >= 0.6 is 0 Å². The van der Waals surface area contributed by atoms with Crippen molar-refractivity contribution in [3.05, 3.63) is 59.9 Å². The number of likely N-dealkylation sites (N-methyl/N-ethyl adjacent to an activating group) is 1. The molecule has 160 valence electrons. The molecule has 0 radical (unpaired) electrons. The summed E-state index contributed by atoms with van der Waals surface area (Å²) in [5.41, 5.74) is 1.72. The lowest BCUT2D eigenvalue weighted by atomic mass is 9.89. The number of ether oxygens (including phenoxy) is 1. The summed E-state index contributed by atoms with van der Waals surface area (Å²) in [6.45, 7) is 4.78. The number of nitrogens with zero attached hydrogens (tertiary/aromatic N) is 2. The number of carbonyl (C=O) groups excluding carboxylic acids is 2. The minimum absolute atomic E-state index is 0.0286. The largest absolute Gasteiger partial charge is 0.361 e. The van der Waals surface area contributed by atoms with Crippen LogP contribution in [0.4, 0.5) is 4.39 Å². The van der Waals surface area contributed by atoms with Crippen LogP contribution in [0.1, 0.15) is 19.4 Å². The topological polar surface area (TPSA) is 49.9 Å². The summed E-state index contributed by atoms with van der Waals surface area (Å²) < 4.78 is 19.2. The molecule has 30 heavy (non-hydrogen) atoms. The van der Waals surface area contributed by atoms with Gasteiger partial charge in [0, 0.05) is 33.0 Å². The molecule has 5 nitrogen and oxygen atoms in total. The van der Waals surface area contributed by atoms with Crippen LogP contribution in [0.2, 0.25) is 0 Å². The number of amides is 2. The standard InChI is InChI=1S/C24H29FN2O3/c1-17(2)22(28)27-13-14-30-24(16-27,23(29)26(3)4)15-18-5-7-19(8-6-18)20-9-11-21(25)12-10-20/h5-12,17H,13-16H2,1-4H3/t24-/m0/s1. The Morgan fingerprint density at radius 3 is 2.17 bits per heavy atom. The Bertz CT molecular complexity index is 894. The Labute approximate surface area is 177 Å². The maximum Gasteiger partial charge on any atom is 0.256 e. The van der Waals surface area contributed by atoms with E-state index in [4.69, 9.17) is 4.74 Å². The third kappa shape index (κ3) is 4.70. The van der Waals surface area contributed by atoms with E-state index in [1.807, 2.05) is 38.1 Å². The SMILES string of the molecule is CC(C)C(=O)N1CCO[C@](Cc2ccc(-c3ccc(F)cc3)cc2)(C(=O)N(C)C)C1. The third-order valence-corrected chi connectivity index (χ3v) is 5.41. The molecule has 0 aromatic heterocycles. The Morgan fingerprint density at radius 1 is 1.07 bits per heavy atom. The van der Waals surface area contributed by atoms with E-state index in [9.17, 15) is 14.0 Å². The van der Waals surface area contributed by atoms with Crippen molar-refractivity contribution in [1.82, 2.24) is 9.80 Å². The molecular weight excluding hydrogens is 383 g/mol. The molecular formula is C24H29FN2O3. The zero-order valence-electron chi connectivity index (χ0n) is 18.0. The molecule has 0 aliphatic carbocycles. The molecule has 0 bridgehead atoms. The van der Waals surface area contributed by atoms with Gasteiger partial charge in [0.25, 0.3) is 5.91 Å². The summed E-state index contributed by atoms with van der Waals surface area (Å²) in [4.78, 5) is 28.9. The number of hydrogen-bond donors (Lipinski definition) is 0. The molecule has 0 saturated carbocycles. The van der Waals surface area contributed by atoms with Gasteiger partial charge >= 0.3 is 0 Å². The molecule has 2 aromatic carbocycles. The van der Waals surface area contributed by atoms with Crippen molar-refractivity contribution in [3.8, 4) is 11.1 Å². The fourth-order valence-electron chi connectivity index (χ4n) is 3.84. The van der Waals surface area contributed by atoms with Gasteiger partial charge in [-0.15, -0.1) is 0 Å². The van der Waals surface area contributed by atoms with Gasteiger partial charge in [-0.1, -0.05) is 50.2 Å². The minimum Gasteiger partial charge on any atom is -0.361 e. The highest BCUT2D eigenvalue weighted by Gasteiger charge is 2.46. The Kier molecular flexibility index (Phi) is 6.56. The first-order valence-corrected chi connectivity index (χ1v) is 10.2. The summed E-state index contributed by atoms with van der Waals surface area (Å²) >= 11 is 0. The lowest BCUT2D eigenvalue weighted by Gasteiger charge is -2.43. The van der Waals surface area contributed by atoms with Crippen LogP contribution in [0.3, 0.4) is 0 Å². The van der Waals surface area contributed by atoms with Gasteiger partial charge in [0.1, 0.15) is 5.82 Å². The highest BCUT2D eigenvalue weighted by atomic mass is 19.1. The van der Waals surface area contributed by atoms with E-state index in [2.05, 4.69) is 0 Å². The van der Waals surface area contributed by atoms with E-state index < -0.39 is 5.60 Å². The van der Waals surface area contributed by atoms with Crippen molar-refractivity contribution >= 4 is 11.8 Å². The van der Waals surface area contributed by atoms with Crippen LogP contribution < -0.4 is 0 Å². The van der Waals surface area contributed by atoms with Gasteiger partial charge in [-0.2, -0.15) is 0 Å². The monoisotopic (exact) mass is 412 g/mol. The normalized spacial score (nSPS) is 19.1. The van der Waals surface area contributed by atoms with Gasteiger partial charge < -0.3 is 14.5 Å². The van der Waals surface area contributed by atoms with E-state index in [0.29, 0.717) is 19.6 Å². The maximum absolute atomic E-state index is 13.2. The molecule has 6 heteroatoms. The molecule has 0 N–H and O–H groups in total. The summed E-state index contributed by atoms with van der Waals surface area (Å²) in [5, 5.41) is 0. The van der Waals surface area contributed by atoms with Gasteiger partial charge in [-0.05, 0) is 28.8 Å². The van der Waals surface area contributed by atoms with Gasteiger partial charge in [-0.25, -0.2) is 4.39 Å². The zero-order chi connectivity index (χ0) is 21.9. The van der Waals surface area contributed by atoms with Gasteiger partial charge in [0.2, 0.25) is 5.91 Å². The molecule has 3 rings (SSSR count). The number of hydrogen-bond acceptors (Lipinski definition) is 3. The molecule has 2 aromatic rings. The number of rotatable bonds is 5. The van der Waals surface area contributed by atoms with Crippen molar-refractivity contribution < 1.29 is 18.7 Å². The van der Waals surface area contributed by atoms with Gasteiger partial charge in [-0.3, -0.25) is 9.59 Å². The van der Waals surface area contributed by atoms with E-state index in [1.165, 1.54) is 17.0 Å². The second-order valence-corrected chi connectivity index (χ2v) is 8.34. The number of carbonyl (C=O) groups is 2. The lowest BCUT2D eigenvalue weighted by Crippen LogP contribution is -2.62. The Hall–Kier alpha value is -2.73. The second-order valence-electron chi connectivity index (χ2n) is 8.34. The van der Waals surface area contributed by atoms with E-state index >= 15 is 0 Å². The van der Waals surface area contributed by atoms with Crippen LogP contribution in [0.25, 0.3) is 11.1 Å². The van der Waals surface area contributed by atoms with E-state index in [-0.39, 0.29) is 30.1 Å².